The Morgan fingerprint density at radius 2 is 1.92 bits per heavy atom. The molecule has 2 aromatic heterocycles. The van der Waals surface area contributed by atoms with E-state index < -0.39 is 5.97 Å². The van der Waals surface area contributed by atoms with Gasteiger partial charge in [-0.3, -0.25) is 9.78 Å². The summed E-state index contributed by atoms with van der Waals surface area (Å²) in [7, 11) is 0. The number of carbonyl (C=O) groups is 2. The van der Waals surface area contributed by atoms with E-state index in [0.717, 1.165) is 16.9 Å². The number of furan rings is 1. The van der Waals surface area contributed by atoms with Gasteiger partial charge in [-0.05, 0) is 73.2 Å². The largest absolute Gasteiger partial charge is 0.478 e. The van der Waals surface area contributed by atoms with Crippen molar-refractivity contribution in [3.63, 3.8) is 0 Å². The summed E-state index contributed by atoms with van der Waals surface area (Å²) < 4.78 is 6.27. The number of nitrogens with zero attached hydrogens (tertiary/aromatic N) is 2. The van der Waals surface area contributed by atoms with Gasteiger partial charge in [0.25, 0.3) is 0 Å². The fourth-order valence-corrected chi connectivity index (χ4v) is 4.93. The maximum Gasteiger partial charge on any atom is 0.335 e. The van der Waals surface area contributed by atoms with E-state index in [4.69, 9.17) is 16.6 Å². The van der Waals surface area contributed by atoms with Gasteiger partial charge in [-0.2, -0.15) is 0 Å². The van der Waals surface area contributed by atoms with Crippen molar-refractivity contribution in [2.45, 2.75) is 25.4 Å². The molecule has 5 rings (SSSR count). The zero-order chi connectivity index (χ0) is 26.6. The van der Waals surface area contributed by atoms with Crippen LogP contribution in [0.1, 0.15) is 45.9 Å². The van der Waals surface area contributed by atoms with E-state index in [2.05, 4.69) is 15.6 Å². The molecule has 9 heteroatoms. The van der Waals surface area contributed by atoms with E-state index in [0.29, 0.717) is 28.7 Å². The molecular formula is C29H26N4O4S. The summed E-state index contributed by atoms with van der Waals surface area (Å²) in [5, 5.41) is 16.2. The highest BCUT2D eigenvalue weighted by Crippen LogP contribution is 2.40. The van der Waals surface area contributed by atoms with Crippen LogP contribution in [0, 0.1) is 6.92 Å². The van der Waals surface area contributed by atoms with Gasteiger partial charge in [0.15, 0.2) is 5.11 Å². The lowest BCUT2D eigenvalue weighted by atomic mass is 10.0. The standard InChI is InChI=1S/C29H26N4O4S/c1-18-6-4-9-21(16-18)31-25(34)13-15-33-27(26(32-29(33)38)22-10-2-3-14-30-22)24-12-11-23(37-24)19-7-5-8-20(17-19)28(35)36/h2-12,14,16-17,26-27H,13,15H2,1H3,(H,31,34)(H,32,38)(H,35,36)/t26-,27+/m0/s1. The SMILES string of the molecule is Cc1cccc(NC(=O)CCN2C(=S)N[C@@H](c3ccccn3)[C@H]2c2ccc(-c3cccc(C(=O)O)c3)o2)c1. The van der Waals surface area contributed by atoms with Crippen molar-refractivity contribution >= 4 is 34.9 Å². The molecule has 0 spiro atoms. The van der Waals surface area contributed by atoms with E-state index >= 15 is 0 Å². The number of pyridine rings is 1. The zero-order valence-electron chi connectivity index (χ0n) is 20.6. The third-order valence-electron chi connectivity index (χ3n) is 6.39. The molecule has 2 atom stereocenters. The second-order valence-electron chi connectivity index (χ2n) is 9.08. The smallest absolute Gasteiger partial charge is 0.335 e. The van der Waals surface area contributed by atoms with E-state index in [1.807, 2.05) is 66.4 Å². The number of amides is 1. The second-order valence-corrected chi connectivity index (χ2v) is 9.46. The van der Waals surface area contributed by atoms with Gasteiger partial charge >= 0.3 is 5.97 Å². The summed E-state index contributed by atoms with van der Waals surface area (Å²) in [5.41, 5.74) is 3.44. The van der Waals surface area contributed by atoms with Crippen molar-refractivity contribution < 1.29 is 19.1 Å². The Labute approximate surface area is 225 Å². The highest BCUT2D eigenvalue weighted by atomic mass is 32.1. The number of aryl methyl sites for hydroxylation is 1. The molecule has 3 heterocycles. The maximum absolute atomic E-state index is 12.8. The minimum atomic E-state index is -1.01. The minimum absolute atomic E-state index is 0.121. The molecule has 1 aliphatic rings. The predicted molar refractivity (Wildman–Crippen MR) is 148 cm³/mol. The summed E-state index contributed by atoms with van der Waals surface area (Å²) in [5.74, 6) is 0.0408. The molecule has 38 heavy (non-hydrogen) atoms. The number of carboxylic acid groups (broad SMARTS) is 1. The molecule has 0 bridgehead atoms. The van der Waals surface area contributed by atoms with Crippen LogP contribution < -0.4 is 10.6 Å². The number of thiocarbonyl (C=S) groups is 1. The van der Waals surface area contributed by atoms with Gasteiger partial charge in [0.1, 0.15) is 17.6 Å². The molecule has 1 aliphatic heterocycles. The fraction of sp³-hybridized carbons (Fsp3) is 0.172. The molecule has 1 fully saturated rings. The molecule has 2 aromatic carbocycles. The first-order chi connectivity index (χ1) is 18.4. The van der Waals surface area contributed by atoms with Crippen molar-refractivity contribution in [3.8, 4) is 11.3 Å². The number of hydrogen-bond acceptors (Lipinski definition) is 5. The lowest BCUT2D eigenvalue weighted by Crippen LogP contribution is -2.32. The summed E-state index contributed by atoms with van der Waals surface area (Å²) in [6.45, 7) is 2.34. The van der Waals surface area contributed by atoms with Gasteiger partial charge in [-0.15, -0.1) is 0 Å². The highest BCUT2D eigenvalue weighted by Gasteiger charge is 2.41. The summed E-state index contributed by atoms with van der Waals surface area (Å²) in [4.78, 5) is 30.7. The summed E-state index contributed by atoms with van der Waals surface area (Å²) in [6.07, 6.45) is 1.94. The van der Waals surface area contributed by atoms with Crippen molar-refractivity contribution in [1.82, 2.24) is 15.2 Å². The normalized spacial score (nSPS) is 16.8. The zero-order valence-corrected chi connectivity index (χ0v) is 21.4. The van der Waals surface area contributed by atoms with E-state index in [9.17, 15) is 14.7 Å². The van der Waals surface area contributed by atoms with Crippen molar-refractivity contribution in [3.05, 3.63) is 108 Å². The summed E-state index contributed by atoms with van der Waals surface area (Å²) >= 11 is 5.69. The lowest BCUT2D eigenvalue weighted by molar-refractivity contribution is -0.116. The van der Waals surface area contributed by atoms with Gasteiger partial charge < -0.3 is 25.1 Å². The fourth-order valence-electron chi connectivity index (χ4n) is 4.60. The molecule has 0 unspecified atom stereocenters. The van der Waals surface area contributed by atoms with Gasteiger partial charge in [-0.1, -0.05) is 30.3 Å². The predicted octanol–water partition coefficient (Wildman–Crippen LogP) is 5.35. The average Bonchev–Trinajstić information content (AvgIpc) is 3.52. The third-order valence-corrected chi connectivity index (χ3v) is 6.74. The molecule has 0 radical (unpaired) electrons. The number of benzene rings is 2. The van der Waals surface area contributed by atoms with Crippen LogP contribution in [0.2, 0.25) is 0 Å². The molecule has 192 valence electrons. The summed E-state index contributed by atoms with van der Waals surface area (Å²) in [6, 6.07) is 22.9. The Morgan fingerprint density at radius 3 is 2.68 bits per heavy atom. The van der Waals surface area contributed by atoms with Crippen LogP contribution >= 0.6 is 12.2 Å². The van der Waals surface area contributed by atoms with Crippen LogP contribution in [0.5, 0.6) is 0 Å². The Hall–Kier alpha value is -4.50. The molecule has 1 saturated heterocycles. The van der Waals surface area contributed by atoms with Crippen molar-refractivity contribution in [2.75, 3.05) is 11.9 Å². The number of hydrogen-bond donors (Lipinski definition) is 3. The number of rotatable bonds is 8. The van der Waals surface area contributed by atoms with E-state index in [-0.39, 0.29) is 30.0 Å². The van der Waals surface area contributed by atoms with Crippen LogP contribution in [0.4, 0.5) is 5.69 Å². The van der Waals surface area contributed by atoms with Crippen LogP contribution in [0.25, 0.3) is 11.3 Å². The molecule has 4 aromatic rings. The Balaban J connectivity index is 1.41. The van der Waals surface area contributed by atoms with Crippen LogP contribution in [0.15, 0.2) is 89.5 Å². The Bertz CT molecular complexity index is 1490. The van der Waals surface area contributed by atoms with Crippen LogP contribution in [-0.2, 0) is 4.79 Å². The number of aromatic nitrogens is 1. The number of carbonyl (C=O) groups excluding carboxylic acids is 1. The first kappa shape index (κ1) is 25.2. The Morgan fingerprint density at radius 1 is 1.08 bits per heavy atom. The van der Waals surface area contributed by atoms with Gasteiger partial charge in [0.2, 0.25) is 5.91 Å². The average molecular weight is 527 g/mol. The van der Waals surface area contributed by atoms with Crippen LogP contribution in [-0.4, -0.2) is 38.5 Å². The first-order valence-corrected chi connectivity index (χ1v) is 12.6. The lowest BCUT2D eigenvalue weighted by Gasteiger charge is -2.25. The number of aromatic carboxylic acids is 1. The van der Waals surface area contributed by atoms with Gasteiger partial charge in [0, 0.05) is 30.4 Å². The van der Waals surface area contributed by atoms with Crippen molar-refractivity contribution in [2.24, 2.45) is 0 Å². The van der Waals surface area contributed by atoms with Gasteiger partial charge in [0.05, 0.1) is 17.3 Å². The molecule has 8 nitrogen and oxygen atoms in total. The number of anilines is 1. The monoisotopic (exact) mass is 526 g/mol. The quantitative estimate of drug-likeness (QED) is 0.264. The third kappa shape index (κ3) is 5.42. The topological polar surface area (TPSA) is 108 Å². The molecule has 0 saturated carbocycles. The minimum Gasteiger partial charge on any atom is -0.478 e. The molecular weight excluding hydrogens is 500 g/mol. The van der Waals surface area contributed by atoms with E-state index in [1.165, 1.54) is 6.07 Å². The number of nitrogens with one attached hydrogen (secondary N) is 2. The Kier molecular flexibility index (Phi) is 7.19. The highest BCUT2D eigenvalue weighted by molar-refractivity contribution is 7.80. The van der Waals surface area contributed by atoms with E-state index in [1.54, 1.807) is 24.4 Å². The molecule has 1 amide bonds. The molecule has 3 N–H and O–H groups in total. The van der Waals surface area contributed by atoms with Gasteiger partial charge in [-0.25, -0.2) is 4.79 Å². The first-order valence-electron chi connectivity index (χ1n) is 12.2. The maximum atomic E-state index is 12.8. The molecule has 0 aliphatic carbocycles. The van der Waals surface area contributed by atoms with Crippen molar-refractivity contribution in [1.29, 1.82) is 0 Å². The van der Waals surface area contributed by atoms with Crippen LogP contribution in [0.3, 0.4) is 0 Å². The second kappa shape index (κ2) is 10.9. The number of carboxylic acids is 1.